The van der Waals surface area contributed by atoms with Crippen molar-refractivity contribution in [2.45, 2.75) is 52.1 Å². The molecule has 2 aliphatic rings. The van der Waals surface area contributed by atoms with E-state index in [9.17, 15) is 0 Å². The predicted molar refractivity (Wildman–Crippen MR) is 121 cm³/mol. The quantitative estimate of drug-likeness (QED) is 0.541. The molecular weight excluding hydrogens is 360 g/mol. The first-order valence-corrected chi connectivity index (χ1v) is 11.5. The predicted octanol–water partition coefficient (Wildman–Crippen LogP) is 3.75. The molecule has 0 amide bonds. The summed E-state index contributed by atoms with van der Waals surface area (Å²) in [6.07, 6.45) is 6.34. The third kappa shape index (κ3) is 6.71. The molecule has 162 valence electrons. The number of guanidine groups is 1. The largest absolute Gasteiger partial charge is 0.373 e. The van der Waals surface area contributed by atoms with Gasteiger partial charge in [0.2, 0.25) is 0 Å². The first-order valence-electron chi connectivity index (χ1n) is 11.5. The molecule has 0 bridgehead atoms. The molecule has 0 radical (unpaired) electrons. The average molecular weight is 401 g/mol. The highest BCUT2D eigenvalue weighted by molar-refractivity contribution is 5.79. The van der Waals surface area contributed by atoms with Crippen molar-refractivity contribution in [3.05, 3.63) is 35.4 Å². The summed E-state index contributed by atoms with van der Waals surface area (Å²) in [4.78, 5) is 7.05. The minimum atomic E-state index is 0.179. The number of hydrogen-bond acceptors (Lipinski definition) is 3. The molecule has 1 aromatic rings. The van der Waals surface area contributed by atoms with E-state index < -0.39 is 0 Å². The molecule has 1 aromatic carbocycles. The van der Waals surface area contributed by atoms with Crippen molar-refractivity contribution >= 4 is 5.96 Å². The molecule has 2 heterocycles. The number of benzene rings is 1. The van der Waals surface area contributed by atoms with E-state index in [0.717, 1.165) is 38.0 Å². The van der Waals surface area contributed by atoms with E-state index in [1.807, 2.05) is 7.05 Å². The van der Waals surface area contributed by atoms with Crippen LogP contribution in [-0.4, -0.2) is 57.2 Å². The third-order valence-electron chi connectivity index (χ3n) is 6.41. The number of nitrogens with zero attached hydrogens (tertiary/aromatic N) is 2. The van der Waals surface area contributed by atoms with Gasteiger partial charge in [0.1, 0.15) is 0 Å². The molecule has 5 heteroatoms. The van der Waals surface area contributed by atoms with Crippen molar-refractivity contribution in [3.8, 4) is 0 Å². The van der Waals surface area contributed by atoms with Crippen molar-refractivity contribution in [2.24, 2.45) is 16.8 Å². The van der Waals surface area contributed by atoms with E-state index in [2.05, 4.69) is 58.6 Å². The first-order chi connectivity index (χ1) is 14.2. The standard InChI is InChI=1S/C24H40N4O/c1-4-13-28-14-11-20(12-15-28)17-26-24(25-3)27-18-22-6-5-16-29-23(22)21-9-7-19(2)8-10-21/h7-10,20,22-23H,4-6,11-18H2,1-3H3,(H2,25,26,27). The van der Waals surface area contributed by atoms with Crippen LogP contribution in [0.1, 0.15) is 56.3 Å². The molecule has 29 heavy (non-hydrogen) atoms. The molecular formula is C24H40N4O. The lowest BCUT2D eigenvalue weighted by atomic mass is 9.89. The second kappa shape index (κ2) is 11.6. The Kier molecular flexibility index (Phi) is 8.81. The minimum absolute atomic E-state index is 0.179. The minimum Gasteiger partial charge on any atom is -0.373 e. The zero-order chi connectivity index (χ0) is 20.5. The Morgan fingerprint density at radius 1 is 1.10 bits per heavy atom. The number of hydrogen-bond donors (Lipinski definition) is 2. The molecule has 0 saturated carbocycles. The van der Waals surface area contributed by atoms with Crippen LogP contribution in [0.4, 0.5) is 0 Å². The van der Waals surface area contributed by atoms with Gasteiger partial charge in [-0.2, -0.15) is 0 Å². The highest BCUT2D eigenvalue weighted by Crippen LogP contribution is 2.33. The Hall–Kier alpha value is -1.59. The number of aliphatic imine (C=N–C) groups is 1. The van der Waals surface area contributed by atoms with Crippen LogP contribution in [0, 0.1) is 18.8 Å². The summed E-state index contributed by atoms with van der Waals surface area (Å²) in [5, 5.41) is 7.13. The average Bonchev–Trinajstić information content (AvgIpc) is 2.76. The Morgan fingerprint density at radius 3 is 2.52 bits per heavy atom. The van der Waals surface area contributed by atoms with E-state index in [0.29, 0.717) is 5.92 Å². The molecule has 0 aromatic heterocycles. The lowest BCUT2D eigenvalue weighted by molar-refractivity contribution is -0.0265. The molecule has 3 rings (SSSR count). The third-order valence-corrected chi connectivity index (χ3v) is 6.41. The summed E-state index contributed by atoms with van der Waals surface area (Å²) in [6, 6.07) is 8.81. The van der Waals surface area contributed by atoms with Crippen LogP contribution in [0.5, 0.6) is 0 Å². The summed E-state index contributed by atoms with van der Waals surface area (Å²) in [5.74, 6) is 2.15. The maximum atomic E-state index is 6.16. The summed E-state index contributed by atoms with van der Waals surface area (Å²) in [6.45, 7) is 10.9. The SMILES string of the molecule is CCCN1CCC(CNC(=NC)NCC2CCCOC2c2ccc(C)cc2)CC1. The van der Waals surface area contributed by atoms with Gasteiger partial charge in [0.25, 0.3) is 0 Å². The van der Waals surface area contributed by atoms with E-state index >= 15 is 0 Å². The van der Waals surface area contributed by atoms with Gasteiger partial charge in [0, 0.05) is 32.7 Å². The molecule has 0 spiro atoms. The number of ether oxygens (including phenoxy) is 1. The van der Waals surface area contributed by atoms with Gasteiger partial charge in [-0.1, -0.05) is 36.8 Å². The van der Waals surface area contributed by atoms with Crippen LogP contribution in [0.2, 0.25) is 0 Å². The van der Waals surface area contributed by atoms with Gasteiger partial charge in [-0.05, 0) is 70.1 Å². The zero-order valence-electron chi connectivity index (χ0n) is 18.6. The highest BCUT2D eigenvalue weighted by Gasteiger charge is 2.27. The fourth-order valence-corrected chi connectivity index (χ4v) is 4.60. The van der Waals surface area contributed by atoms with Crippen LogP contribution < -0.4 is 10.6 Å². The number of rotatable bonds is 7. The second-order valence-corrected chi connectivity index (χ2v) is 8.72. The van der Waals surface area contributed by atoms with E-state index in [1.54, 1.807) is 0 Å². The number of likely N-dealkylation sites (tertiary alicyclic amines) is 1. The Balaban J connectivity index is 1.45. The Bertz CT molecular complexity index is 622. The van der Waals surface area contributed by atoms with Crippen LogP contribution in [0.25, 0.3) is 0 Å². The highest BCUT2D eigenvalue weighted by atomic mass is 16.5. The summed E-state index contributed by atoms with van der Waals surface area (Å²) < 4.78 is 6.16. The smallest absolute Gasteiger partial charge is 0.190 e. The van der Waals surface area contributed by atoms with Crippen molar-refractivity contribution in [1.29, 1.82) is 0 Å². The maximum Gasteiger partial charge on any atom is 0.190 e. The van der Waals surface area contributed by atoms with Gasteiger partial charge < -0.3 is 20.3 Å². The van der Waals surface area contributed by atoms with Crippen LogP contribution >= 0.6 is 0 Å². The first kappa shape index (κ1) is 22.1. The lowest BCUT2D eigenvalue weighted by Crippen LogP contribution is -2.45. The van der Waals surface area contributed by atoms with Crippen molar-refractivity contribution in [3.63, 3.8) is 0 Å². The molecule has 0 aliphatic carbocycles. The molecule has 2 aliphatic heterocycles. The van der Waals surface area contributed by atoms with E-state index in [-0.39, 0.29) is 6.10 Å². The normalized spacial score (nSPS) is 24.4. The summed E-state index contributed by atoms with van der Waals surface area (Å²) in [5.41, 5.74) is 2.59. The fraction of sp³-hybridized carbons (Fsp3) is 0.708. The molecule has 2 atom stereocenters. The monoisotopic (exact) mass is 400 g/mol. The number of aryl methyl sites for hydroxylation is 1. The van der Waals surface area contributed by atoms with Crippen molar-refractivity contribution in [1.82, 2.24) is 15.5 Å². The van der Waals surface area contributed by atoms with E-state index in [4.69, 9.17) is 4.74 Å². The number of piperidine rings is 1. The van der Waals surface area contributed by atoms with Gasteiger partial charge in [0.05, 0.1) is 6.10 Å². The van der Waals surface area contributed by atoms with E-state index in [1.165, 1.54) is 56.4 Å². The molecule has 5 nitrogen and oxygen atoms in total. The van der Waals surface area contributed by atoms with Gasteiger partial charge in [-0.15, -0.1) is 0 Å². The summed E-state index contributed by atoms with van der Waals surface area (Å²) in [7, 11) is 1.87. The van der Waals surface area contributed by atoms with Crippen molar-refractivity contribution in [2.75, 3.05) is 46.4 Å². The molecule has 2 fully saturated rings. The fourth-order valence-electron chi connectivity index (χ4n) is 4.60. The maximum absolute atomic E-state index is 6.16. The van der Waals surface area contributed by atoms with Crippen LogP contribution in [0.3, 0.4) is 0 Å². The van der Waals surface area contributed by atoms with Gasteiger partial charge in [0.15, 0.2) is 5.96 Å². The van der Waals surface area contributed by atoms with Gasteiger partial charge in [-0.3, -0.25) is 4.99 Å². The lowest BCUT2D eigenvalue weighted by Gasteiger charge is -2.33. The van der Waals surface area contributed by atoms with Crippen LogP contribution in [0.15, 0.2) is 29.3 Å². The second-order valence-electron chi connectivity index (χ2n) is 8.72. The molecule has 2 unspecified atom stereocenters. The van der Waals surface area contributed by atoms with Crippen molar-refractivity contribution < 1.29 is 4.74 Å². The summed E-state index contributed by atoms with van der Waals surface area (Å²) >= 11 is 0. The molecule has 2 N–H and O–H groups in total. The van der Waals surface area contributed by atoms with Gasteiger partial charge in [-0.25, -0.2) is 0 Å². The van der Waals surface area contributed by atoms with Gasteiger partial charge >= 0.3 is 0 Å². The molecule has 2 saturated heterocycles. The zero-order valence-corrected chi connectivity index (χ0v) is 18.6. The van der Waals surface area contributed by atoms with Crippen LogP contribution in [-0.2, 0) is 4.74 Å². The Morgan fingerprint density at radius 2 is 1.83 bits per heavy atom. The number of nitrogens with one attached hydrogen (secondary N) is 2. The Labute approximate surface area is 177 Å². The topological polar surface area (TPSA) is 48.9 Å².